The van der Waals surface area contributed by atoms with Crippen LogP contribution in [0.1, 0.15) is 43.2 Å². The highest BCUT2D eigenvalue weighted by atomic mass is 32.2. The molecule has 5 rings (SSSR count). The van der Waals surface area contributed by atoms with Crippen molar-refractivity contribution in [3.05, 3.63) is 126 Å². The minimum Gasteiger partial charge on any atom is -0.457 e. The van der Waals surface area contributed by atoms with Crippen molar-refractivity contribution >= 4 is 27.5 Å². The first-order valence-corrected chi connectivity index (χ1v) is 17.7. The Kier molecular flexibility index (Phi) is 11.3. The Hall–Kier alpha value is -4.70. The Morgan fingerprint density at radius 2 is 1.43 bits per heavy atom. The van der Waals surface area contributed by atoms with E-state index < -0.39 is 34.3 Å². The number of para-hydroxylation sites is 1. The van der Waals surface area contributed by atoms with E-state index in [9.17, 15) is 18.0 Å². The van der Waals surface area contributed by atoms with Crippen LogP contribution in [0.2, 0.25) is 0 Å². The van der Waals surface area contributed by atoms with Gasteiger partial charge in [0.1, 0.15) is 29.9 Å². The van der Waals surface area contributed by atoms with Gasteiger partial charge in [0, 0.05) is 24.6 Å². The number of benzene rings is 4. The molecule has 8 nitrogen and oxygen atoms in total. The molecule has 2 amide bonds. The van der Waals surface area contributed by atoms with Crippen LogP contribution in [0.3, 0.4) is 0 Å². The molecule has 0 bridgehead atoms. The van der Waals surface area contributed by atoms with Crippen molar-refractivity contribution in [3.63, 3.8) is 0 Å². The summed E-state index contributed by atoms with van der Waals surface area (Å²) in [6.45, 7) is -0.809. The lowest BCUT2D eigenvalue weighted by molar-refractivity contribution is -0.140. The summed E-state index contributed by atoms with van der Waals surface area (Å²) < 4.78 is 48.1. The Morgan fingerprint density at radius 3 is 2.06 bits per heavy atom. The molecule has 1 N–H and O–H groups in total. The summed E-state index contributed by atoms with van der Waals surface area (Å²) in [4.78, 5) is 29.7. The van der Waals surface area contributed by atoms with Crippen LogP contribution in [0.15, 0.2) is 109 Å². The summed E-state index contributed by atoms with van der Waals surface area (Å²) in [5.74, 6) is -0.398. The minimum atomic E-state index is -3.96. The Bertz CT molecular complexity index is 1730. The van der Waals surface area contributed by atoms with Gasteiger partial charge >= 0.3 is 0 Å². The molecule has 0 aliphatic heterocycles. The lowest BCUT2D eigenvalue weighted by Gasteiger charge is -2.35. The van der Waals surface area contributed by atoms with Crippen LogP contribution in [-0.4, -0.2) is 50.0 Å². The minimum absolute atomic E-state index is 0.0240. The van der Waals surface area contributed by atoms with E-state index in [-0.39, 0.29) is 36.2 Å². The predicted molar refractivity (Wildman–Crippen MR) is 181 cm³/mol. The van der Waals surface area contributed by atoms with Gasteiger partial charge in [0.15, 0.2) is 0 Å². The van der Waals surface area contributed by atoms with Crippen LogP contribution in [-0.2, 0) is 32.6 Å². The number of ether oxygens (including phenoxy) is 1. The molecule has 246 valence electrons. The van der Waals surface area contributed by atoms with Gasteiger partial charge in [-0.15, -0.1) is 0 Å². The molecule has 1 atom stereocenters. The zero-order chi connectivity index (χ0) is 33.2. The van der Waals surface area contributed by atoms with E-state index in [1.165, 1.54) is 11.0 Å². The number of nitrogens with one attached hydrogen (secondary N) is 1. The third-order valence-corrected chi connectivity index (χ3v) is 9.44. The third kappa shape index (κ3) is 9.42. The van der Waals surface area contributed by atoms with Gasteiger partial charge in [0.2, 0.25) is 21.8 Å². The molecular formula is C37H40FN3O5S. The van der Waals surface area contributed by atoms with Gasteiger partial charge in [-0.25, -0.2) is 12.8 Å². The molecule has 4 aromatic carbocycles. The summed E-state index contributed by atoms with van der Waals surface area (Å²) in [5.41, 5.74) is 1.28. The van der Waals surface area contributed by atoms with E-state index in [4.69, 9.17) is 4.74 Å². The van der Waals surface area contributed by atoms with E-state index in [2.05, 4.69) is 5.32 Å². The lowest BCUT2D eigenvalue weighted by Crippen LogP contribution is -2.55. The van der Waals surface area contributed by atoms with Crippen molar-refractivity contribution in [2.24, 2.45) is 0 Å². The molecule has 1 fully saturated rings. The fourth-order valence-electron chi connectivity index (χ4n) is 5.83. The van der Waals surface area contributed by atoms with E-state index in [1.807, 2.05) is 48.5 Å². The van der Waals surface area contributed by atoms with Gasteiger partial charge in [-0.1, -0.05) is 86.0 Å². The van der Waals surface area contributed by atoms with Gasteiger partial charge in [0.25, 0.3) is 0 Å². The summed E-state index contributed by atoms with van der Waals surface area (Å²) >= 11 is 0. The molecule has 1 aliphatic rings. The van der Waals surface area contributed by atoms with Gasteiger partial charge in [-0.05, 0) is 60.9 Å². The fraction of sp³-hybridized carbons (Fsp3) is 0.297. The molecule has 0 spiro atoms. The van der Waals surface area contributed by atoms with Gasteiger partial charge < -0.3 is 15.0 Å². The van der Waals surface area contributed by atoms with E-state index >= 15 is 4.39 Å². The molecule has 4 aromatic rings. The second-order valence-electron chi connectivity index (χ2n) is 11.8. The number of anilines is 1. The lowest BCUT2D eigenvalue weighted by atomic mass is 9.94. The highest BCUT2D eigenvalue weighted by Crippen LogP contribution is 2.27. The third-order valence-electron chi connectivity index (χ3n) is 8.30. The van der Waals surface area contributed by atoms with Gasteiger partial charge in [-0.3, -0.25) is 13.9 Å². The van der Waals surface area contributed by atoms with Crippen molar-refractivity contribution in [1.29, 1.82) is 0 Å². The largest absolute Gasteiger partial charge is 0.457 e. The summed E-state index contributed by atoms with van der Waals surface area (Å²) in [5, 5.41) is 3.14. The maximum atomic E-state index is 15.0. The molecule has 0 heterocycles. The number of hydrogen-bond donors (Lipinski definition) is 1. The number of carbonyl (C=O) groups is 2. The molecule has 0 saturated heterocycles. The maximum Gasteiger partial charge on any atom is 0.244 e. The van der Waals surface area contributed by atoms with Crippen molar-refractivity contribution in [2.75, 3.05) is 17.1 Å². The fourth-order valence-corrected chi connectivity index (χ4v) is 6.68. The zero-order valence-electron chi connectivity index (χ0n) is 26.4. The number of nitrogens with zero attached hydrogens (tertiary/aromatic N) is 2. The number of rotatable bonds is 13. The van der Waals surface area contributed by atoms with Crippen molar-refractivity contribution < 1.29 is 27.1 Å². The average molecular weight is 658 g/mol. The molecule has 0 aromatic heterocycles. The molecular weight excluding hydrogens is 617 g/mol. The van der Waals surface area contributed by atoms with Gasteiger partial charge in [0.05, 0.1) is 11.9 Å². The SMILES string of the molecule is CS(=O)(=O)N(CC(=O)N(Cc1ccccc1F)[C@@H](Cc1ccccc1)C(=O)NC1CCCCC1)c1ccc(Oc2ccccc2)cc1. The predicted octanol–water partition coefficient (Wildman–Crippen LogP) is 6.47. The van der Waals surface area contributed by atoms with Crippen LogP contribution in [0.25, 0.3) is 0 Å². The smallest absolute Gasteiger partial charge is 0.244 e. The maximum absolute atomic E-state index is 15.0. The van der Waals surface area contributed by atoms with E-state index in [0.717, 1.165) is 48.2 Å². The molecule has 1 saturated carbocycles. The standard InChI is InChI=1S/C37H40FN3O5S/c1-47(44,45)41(31-21-23-33(24-22-31)46-32-18-9-4-10-19-32)27-36(42)40(26-29-15-11-12-20-34(29)38)35(25-28-13-5-2-6-14-28)37(43)39-30-16-7-3-8-17-30/h2,4-6,9-15,18-24,30,35H,3,7-8,16-17,25-27H2,1H3,(H,39,43)/t35-/m0/s1. The van der Waals surface area contributed by atoms with Crippen LogP contribution >= 0.6 is 0 Å². The number of halogens is 1. The van der Waals surface area contributed by atoms with Gasteiger partial charge in [-0.2, -0.15) is 0 Å². The van der Waals surface area contributed by atoms with Crippen molar-refractivity contribution in [2.45, 2.75) is 57.2 Å². The van der Waals surface area contributed by atoms with E-state index in [1.54, 1.807) is 54.6 Å². The molecule has 47 heavy (non-hydrogen) atoms. The van der Waals surface area contributed by atoms with E-state index in [0.29, 0.717) is 11.5 Å². The normalized spacial score (nSPS) is 14.2. The highest BCUT2D eigenvalue weighted by Gasteiger charge is 2.34. The highest BCUT2D eigenvalue weighted by molar-refractivity contribution is 7.92. The molecule has 1 aliphatic carbocycles. The van der Waals surface area contributed by atoms with Crippen LogP contribution in [0, 0.1) is 5.82 Å². The second kappa shape index (κ2) is 15.7. The first kappa shape index (κ1) is 33.7. The topological polar surface area (TPSA) is 96.0 Å². The number of hydrogen-bond acceptors (Lipinski definition) is 5. The Labute approximate surface area is 276 Å². The summed E-state index contributed by atoms with van der Waals surface area (Å²) in [7, 11) is -3.96. The number of sulfonamides is 1. The van der Waals surface area contributed by atoms with Crippen LogP contribution < -0.4 is 14.4 Å². The van der Waals surface area contributed by atoms with Crippen molar-refractivity contribution in [1.82, 2.24) is 10.2 Å². The van der Waals surface area contributed by atoms with Crippen molar-refractivity contribution in [3.8, 4) is 11.5 Å². The zero-order valence-corrected chi connectivity index (χ0v) is 27.2. The molecule has 10 heteroatoms. The molecule has 0 radical (unpaired) electrons. The number of amides is 2. The first-order valence-electron chi connectivity index (χ1n) is 15.9. The first-order chi connectivity index (χ1) is 22.7. The van der Waals surface area contributed by atoms with Crippen LogP contribution in [0.4, 0.5) is 10.1 Å². The summed E-state index contributed by atoms with van der Waals surface area (Å²) in [6.07, 6.45) is 6.00. The van der Waals surface area contributed by atoms with Crippen LogP contribution in [0.5, 0.6) is 11.5 Å². The second-order valence-corrected chi connectivity index (χ2v) is 13.7. The molecule has 0 unspecified atom stereocenters. The Morgan fingerprint density at radius 1 is 0.830 bits per heavy atom. The number of carbonyl (C=O) groups excluding carboxylic acids is 2. The summed E-state index contributed by atoms with van der Waals surface area (Å²) in [6, 6.07) is 29.9. The quantitative estimate of drug-likeness (QED) is 0.178. The Balaban J connectivity index is 1.46. The monoisotopic (exact) mass is 657 g/mol. The average Bonchev–Trinajstić information content (AvgIpc) is 3.07.